The lowest BCUT2D eigenvalue weighted by Gasteiger charge is -2.26. The molecule has 0 aliphatic heterocycles. The maximum absolute atomic E-state index is 12.8. The molecule has 0 bridgehead atoms. The highest BCUT2D eigenvalue weighted by molar-refractivity contribution is 6.08. The van der Waals surface area contributed by atoms with Crippen molar-refractivity contribution in [3.63, 3.8) is 0 Å². The van der Waals surface area contributed by atoms with E-state index in [9.17, 15) is 9.59 Å². The Bertz CT molecular complexity index is 1010. The summed E-state index contributed by atoms with van der Waals surface area (Å²) in [5, 5.41) is 1.57. The van der Waals surface area contributed by atoms with E-state index in [0.29, 0.717) is 11.1 Å². The minimum Gasteiger partial charge on any atom is -0.364 e. The van der Waals surface area contributed by atoms with E-state index >= 15 is 0 Å². The van der Waals surface area contributed by atoms with Gasteiger partial charge in [0, 0.05) is 18.5 Å². The van der Waals surface area contributed by atoms with Crippen molar-refractivity contribution in [2.45, 2.75) is 38.1 Å². The molecular formula is C19H21N3O2. The van der Waals surface area contributed by atoms with Crippen molar-refractivity contribution in [2.24, 2.45) is 12.8 Å². The van der Waals surface area contributed by atoms with Crippen molar-refractivity contribution >= 4 is 27.7 Å². The van der Waals surface area contributed by atoms with Gasteiger partial charge in [0.2, 0.25) is 0 Å². The number of benzene rings is 1. The summed E-state index contributed by atoms with van der Waals surface area (Å²) in [6.07, 6.45) is 5.56. The Morgan fingerprint density at radius 1 is 1.12 bits per heavy atom. The first-order chi connectivity index (χ1) is 11.6. The summed E-state index contributed by atoms with van der Waals surface area (Å²) in [4.78, 5) is 24.9. The van der Waals surface area contributed by atoms with Crippen LogP contribution in [0.5, 0.6) is 0 Å². The average molecular weight is 323 g/mol. The molecule has 2 heterocycles. The molecule has 1 fully saturated rings. The van der Waals surface area contributed by atoms with Crippen molar-refractivity contribution in [2.75, 3.05) is 0 Å². The molecule has 1 aromatic carbocycles. The molecule has 2 aromatic heterocycles. The Morgan fingerprint density at radius 2 is 1.83 bits per heavy atom. The lowest BCUT2D eigenvalue weighted by Crippen LogP contribution is -2.22. The van der Waals surface area contributed by atoms with Gasteiger partial charge in [-0.2, -0.15) is 0 Å². The number of primary amides is 1. The fourth-order valence-electron chi connectivity index (χ4n) is 4.13. The number of carbonyl (C=O) groups is 1. The van der Waals surface area contributed by atoms with Gasteiger partial charge in [-0.1, -0.05) is 37.5 Å². The maximum atomic E-state index is 12.8. The minimum atomic E-state index is -0.470. The fourth-order valence-corrected chi connectivity index (χ4v) is 4.13. The third kappa shape index (κ3) is 2.08. The zero-order valence-electron chi connectivity index (χ0n) is 13.8. The quantitative estimate of drug-likeness (QED) is 0.787. The topological polar surface area (TPSA) is 70.0 Å². The normalized spacial score (nSPS) is 16.0. The second-order valence-corrected chi connectivity index (χ2v) is 6.70. The second kappa shape index (κ2) is 5.51. The zero-order chi connectivity index (χ0) is 16.8. The van der Waals surface area contributed by atoms with Gasteiger partial charge in [0.25, 0.3) is 11.5 Å². The maximum Gasteiger partial charge on any atom is 0.265 e. The largest absolute Gasteiger partial charge is 0.364 e. The summed E-state index contributed by atoms with van der Waals surface area (Å²) >= 11 is 0. The number of fused-ring (bicyclic) bond motifs is 3. The van der Waals surface area contributed by atoms with Gasteiger partial charge in [-0.15, -0.1) is 0 Å². The number of nitrogens with two attached hydrogens (primary N) is 1. The summed E-state index contributed by atoms with van der Waals surface area (Å²) in [5.74, 6) is -0.470. The number of hydrogen-bond donors (Lipinski definition) is 1. The van der Waals surface area contributed by atoms with Crippen molar-refractivity contribution in [1.29, 1.82) is 0 Å². The molecule has 0 saturated heterocycles. The smallest absolute Gasteiger partial charge is 0.265 e. The summed E-state index contributed by atoms with van der Waals surface area (Å²) in [6.45, 7) is 0. The van der Waals surface area contributed by atoms with E-state index < -0.39 is 5.91 Å². The van der Waals surface area contributed by atoms with E-state index in [1.807, 2.05) is 28.8 Å². The molecule has 0 radical (unpaired) electrons. The Morgan fingerprint density at radius 3 is 2.54 bits per heavy atom. The van der Waals surface area contributed by atoms with Crippen LogP contribution in [0.15, 0.2) is 35.1 Å². The number of aryl methyl sites for hydroxylation is 1. The second-order valence-electron chi connectivity index (χ2n) is 6.70. The number of rotatable bonds is 2. The molecule has 0 unspecified atom stereocenters. The minimum absolute atomic E-state index is 0.0826. The van der Waals surface area contributed by atoms with Crippen LogP contribution < -0.4 is 11.3 Å². The summed E-state index contributed by atoms with van der Waals surface area (Å²) < 4.78 is 3.69. The van der Waals surface area contributed by atoms with E-state index in [4.69, 9.17) is 5.73 Å². The Balaban J connectivity index is 2.17. The van der Waals surface area contributed by atoms with Crippen molar-refractivity contribution in [3.8, 4) is 0 Å². The molecular weight excluding hydrogens is 302 g/mol. The van der Waals surface area contributed by atoms with Crippen LogP contribution >= 0.6 is 0 Å². The first-order valence-electron chi connectivity index (χ1n) is 8.52. The van der Waals surface area contributed by atoms with Gasteiger partial charge < -0.3 is 14.9 Å². The third-order valence-electron chi connectivity index (χ3n) is 5.28. The van der Waals surface area contributed by atoms with Gasteiger partial charge in [-0.25, -0.2) is 0 Å². The SMILES string of the molecule is Cn1c(=O)c2cc(C(N)=O)n(C3CCCCC3)c2c2ccccc21. The van der Waals surface area contributed by atoms with Gasteiger partial charge in [0.05, 0.1) is 16.4 Å². The Hall–Kier alpha value is -2.56. The predicted molar refractivity (Wildman–Crippen MR) is 95.3 cm³/mol. The molecule has 1 aliphatic carbocycles. The Labute approximate surface area is 139 Å². The van der Waals surface area contributed by atoms with Crippen molar-refractivity contribution in [3.05, 3.63) is 46.4 Å². The predicted octanol–water partition coefficient (Wildman–Crippen LogP) is 3.10. The van der Waals surface area contributed by atoms with Crippen molar-refractivity contribution in [1.82, 2.24) is 9.13 Å². The third-order valence-corrected chi connectivity index (χ3v) is 5.28. The summed E-state index contributed by atoms with van der Waals surface area (Å²) in [7, 11) is 1.77. The van der Waals surface area contributed by atoms with E-state index in [-0.39, 0.29) is 11.6 Å². The van der Waals surface area contributed by atoms with E-state index in [0.717, 1.165) is 42.1 Å². The van der Waals surface area contributed by atoms with E-state index in [1.54, 1.807) is 17.7 Å². The number of pyridine rings is 1. The molecule has 4 rings (SSSR count). The molecule has 1 aliphatic rings. The van der Waals surface area contributed by atoms with Gasteiger partial charge in [-0.3, -0.25) is 9.59 Å². The van der Waals surface area contributed by atoms with Gasteiger partial charge in [0.1, 0.15) is 5.69 Å². The van der Waals surface area contributed by atoms with Crippen LogP contribution in [0.25, 0.3) is 21.8 Å². The lowest BCUT2D eigenvalue weighted by molar-refractivity contribution is 0.0988. The van der Waals surface area contributed by atoms with Gasteiger partial charge in [0.15, 0.2) is 0 Å². The van der Waals surface area contributed by atoms with E-state index in [2.05, 4.69) is 0 Å². The van der Waals surface area contributed by atoms with Crippen LogP contribution in [0.3, 0.4) is 0 Å². The Kier molecular flexibility index (Phi) is 3.44. The number of amides is 1. The van der Waals surface area contributed by atoms with Gasteiger partial charge >= 0.3 is 0 Å². The zero-order valence-corrected chi connectivity index (χ0v) is 13.8. The molecule has 24 heavy (non-hydrogen) atoms. The highest BCUT2D eigenvalue weighted by Crippen LogP contribution is 2.35. The van der Waals surface area contributed by atoms with Gasteiger partial charge in [-0.05, 0) is 25.0 Å². The standard InChI is InChI=1S/C19H21N3O2/c1-21-15-10-6-5-9-13(15)17-14(19(21)24)11-16(18(20)23)22(17)12-7-3-2-4-8-12/h5-6,9-12H,2-4,7-8H2,1H3,(H2,20,23). The molecule has 0 spiro atoms. The number of hydrogen-bond acceptors (Lipinski definition) is 2. The molecule has 2 N–H and O–H groups in total. The fraction of sp³-hybridized carbons (Fsp3) is 0.368. The van der Waals surface area contributed by atoms with Crippen LogP contribution in [0.4, 0.5) is 0 Å². The molecule has 3 aromatic rings. The highest BCUT2D eigenvalue weighted by atomic mass is 16.1. The van der Waals surface area contributed by atoms with Crippen LogP contribution in [0, 0.1) is 0 Å². The molecule has 1 amide bonds. The van der Waals surface area contributed by atoms with E-state index in [1.165, 1.54) is 6.42 Å². The number of nitrogens with zero attached hydrogens (tertiary/aromatic N) is 2. The molecule has 1 saturated carbocycles. The van der Waals surface area contributed by atoms with Crippen LogP contribution in [0.2, 0.25) is 0 Å². The number of para-hydroxylation sites is 1. The summed E-state index contributed by atoms with van der Waals surface area (Å²) in [5.41, 5.74) is 7.75. The molecule has 5 heteroatoms. The first kappa shape index (κ1) is 15.0. The number of carbonyl (C=O) groups excluding carboxylic acids is 1. The monoisotopic (exact) mass is 323 g/mol. The lowest BCUT2D eigenvalue weighted by atomic mass is 9.95. The van der Waals surface area contributed by atoms with Crippen LogP contribution in [-0.4, -0.2) is 15.0 Å². The molecule has 0 atom stereocenters. The number of aromatic nitrogens is 2. The van der Waals surface area contributed by atoms with Crippen molar-refractivity contribution < 1.29 is 4.79 Å². The highest BCUT2D eigenvalue weighted by Gasteiger charge is 2.25. The average Bonchev–Trinajstić information content (AvgIpc) is 3.01. The molecule has 5 nitrogen and oxygen atoms in total. The van der Waals surface area contributed by atoms with Crippen LogP contribution in [0.1, 0.15) is 48.6 Å². The first-order valence-corrected chi connectivity index (χ1v) is 8.52. The summed E-state index contributed by atoms with van der Waals surface area (Å²) in [6, 6.07) is 9.76. The van der Waals surface area contributed by atoms with Crippen LogP contribution in [-0.2, 0) is 7.05 Å². The molecule has 124 valence electrons.